The number of nitrogens with one attached hydrogen (secondary N) is 1. The minimum Gasteiger partial charge on any atom is -0.339 e. The number of carbonyl (C=O) groups excluding carboxylic acids is 2. The molecule has 0 bridgehead atoms. The van der Waals surface area contributed by atoms with Crippen molar-refractivity contribution in [2.24, 2.45) is 5.92 Å². The number of anilines is 1. The van der Waals surface area contributed by atoms with E-state index in [4.69, 9.17) is 0 Å². The molecule has 1 aliphatic heterocycles. The number of rotatable bonds is 3. The Morgan fingerprint density at radius 1 is 1.35 bits per heavy atom. The van der Waals surface area contributed by atoms with Gasteiger partial charge in [-0.1, -0.05) is 19.3 Å². The lowest BCUT2D eigenvalue weighted by Gasteiger charge is -2.31. The average molecular weight is 293 g/mol. The van der Waals surface area contributed by atoms with Crippen molar-refractivity contribution in [3.05, 3.63) is 11.6 Å². The van der Waals surface area contributed by atoms with E-state index in [0.29, 0.717) is 24.1 Å². The van der Waals surface area contributed by atoms with E-state index in [1.807, 2.05) is 10.3 Å². The molecule has 0 radical (unpaired) electrons. The van der Waals surface area contributed by atoms with Crippen molar-refractivity contribution in [1.29, 1.82) is 0 Å². The summed E-state index contributed by atoms with van der Waals surface area (Å²) in [5.41, 5.74) is 0. The first-order chi connectivity index (χ1) is 9.74. The number of hydrogen-bond acceptors (Lipinski definition) is 4. The molecule has 1 unspecified atom stereocenters. The third kappa shape index (κ3) is 2.85. The van der Waals surface area contributed by atoms with Crippen LogP contribution in [0.4, 0.5) is 5.13 Å². The van der Waals surface area contributed by atoms with Crippen molar-refractivity contribution < 1.29 is 9.59 Å². The molecule has 0 aromatic carbocycles. The van der Waals surface area contributed by atoms with Crippen LogP contribution in [0, 0.1) is 5.92 Å². The average Bonchev–Trinajstić information content (AvgIpc) is 3.09. The largest absolute Gasteiger partial charge is 0.339 e. The second-order valence-corrected chi connectivity index (χ2v) is 6.46. The highest BCUT2D eigenvalue weighted by atomic mass is 32.1. The fraction of sp³-hybridized carbons (Fsp3) is 0.643. The fourth-order valence-corrected chi connectivity index (χ4v) is 3.68. The van der Waals surface area contributed by atoms with Crippen LogP contribution in [0.2, 0.25) is 0 Å². The van der Waals surface area contributed by atoms with Crippen molar-refractivity contribution in [3.8, 4) is 0 Å². The van der Waals surface area contributed by atoms with Crippen molar-refractivity contribution >= 4 is 28.3 Å². The van der Waals surface area contributed by atoms with Gasteiger partial charge in [-0.15, -0.1) is 11.3 Å². The molecule has 108 valence electrons. The van der Waals surface area contributed by atoms with Crippen LogP contribution in [-0.4, -0.2) is 34.3 Å². The summed E-state index contributed by atoms with van der Waals surface area (Å²) >= 11 is 1.40. The van der Waals surface area contributed by atoms with Crippen molar-refractivity contribution in [3.63, 3.8) is 0 Å². The molecule has 6 heteroatoms. The number of aromatic nitrogens is 1. The predicted molar refractivity (Wildman–Crippen MR) is 77.4 cm³/mol. The van der Waals surface area contributed by atoms with Gasteiger partial charge in [-0.05, 0) is 12.8 Å². The van der Waals surface area contributed by atoms with Gasteiger partial charge >= 0.3 is 0 Å². The summed E-state index contributed by atoms with van der Waals surface area (Å²) in [4.78, 5) is 30.3. The Bertz CT molecular complexity index is 483. The molecule has 1 saturated carbocycles. The van der Waals surface area contributed by atoms with Crippen LogP contribution in [0.5, 0.6) is 0 Å². The third-order valence-corrected chi connectivity index (χ3v) is 4.90. The maximum Gasteiger partial charge on any atom is 0.231 e. The van der Waals surface area contributed by atoms with Crippen LogP contribution in [0.15, 0.2) is 11.6 Å². The van der Waals surface area contributed by atoms with Crippen LogP contribution < -0.4 is 5.32 Å². The monoisotopic (exact) mass is 293 g/mol. The topological polar surface area (TPSA) is 62.3 Å². The number of amides is 2. The van der Waals surface area contributed by atoms with Crippen LogP contribution in [0.25, 0.3) is 0 Å². The molecule has 3 rings (SSSR count). The highest BCUT2D eigenvalue weighted by molar-refractivity contribution is 7.13. The molecule has 1 aromatic rings. The van der Waals surface area contributed by atoms with Gasteiger partial charge in [-0.25, -0.2) is 4.98 Å². The zero-order chi connectivity index (χ0) is 13.9. The maximum atomic E-state index is 12.2. The summed E-state index contributed by atoms with van der Waals surface area (Å²) < 4.78 is 0. The first kappa shape index (κ1) is 13.5. The van der Waals surface area contributed by atoms with Gasteiger partial charge in [0.1, 0.15) is 0 Å². The smallest absolute Gasteiger partial charge is 0.231 e. The number of hydrogen-bond donors (Lipinski definition) is 1. The summed E-state index contributed by atoms with van der Waals surface area (Å²) in [5, 5.41) is 5.23. The molecule has 1 saturated heterocycles. The Morgan fingerprint density at radius 3 is 2.85 bits per heavy atom. The molecule has 1 N–H and O–H groups in total. The van der Waals surface area contributed by atoms with Gasteiger partial charge in [0.25, 0.3) is 0 Å². The Hall–Kier alpha value is -1.43. The summed E-state index contributed by atoms with van der Waals surface area (Å²) in [6.45, 7) is 0.570. The van der Waals surface area contributed by atoms with Crippen LogP contribution in [-0.2, 0) is 9.59 Å². The van der Waals surface area contributed by atoms with Crippen molar-refractivity contribution in [1.82, 2.24) is 9.88 Å². The molecule has 2 amide bonds. The van der Waals surface area contributed by atoms with E-state index in [2.05, 4.69) is 10.3 Å². The maximum absolute atomic E-state index is 12.2. The second-order valence-electron chi connectivity index (χ2n) is 5.57. The first-order valence-electron chi connectivity index (χ1n) is 7.24. The van der Waals surface area contributed by atoms with Gasteiger partial charge in [0, 0.05) is 30.6 Å². The highest BCUT2D eigenvalue weighted by Gasteiger charge is 2.38. The summed E-state index contributed by atoms with van der Waals surface area (Å²) in [6.07, 6.45) is 7.85. The Kier molecular flexibility index (Phi) is 4.00. The molecule has 5 nitrogen and oxygen atoms in total. The lowest BCUT2D eigenvalue weighted by Crippen LogP contribution is -2.38. The minimum atomic E-state index is -0.228. The standard InChI is InChI=1S/C14H19N3O2S/c18-12-8-10(13(19)16-14-15-6-7-20-14)9-17(12)11-4-2-1-3-5-11/h6-7,10-11H,1-5,8-9H2,(H,15,16,19). The molecule has 2 fully saturated rings. The third-order valence-electron chi connectivity index (χ3n) is 4.21. The number of nitrogens with zero attached hydrogens (tertiary/aromatic N) is 2. The highest BCUT2D eigenvalue weighted by Crippen LogP contribution is 2.29. The molecule has 2 aliphatic rings. The lowest BCUT2D eigenvalue weighted by molar-refractivity contribution is -0.130. The summed E-state index contributed by atoms with van der Waals surface area (Å²) in [6, 6.07) is 0.355. The Balaban J connectivity index is 1.59. The number of likely N-dealkylation sites (tertiary alicyclic amines) is 1. The molecular formula is C14H19N3O2S. The normalized spacial score (nSPS) is 24.1. The van der Waals surface area contributed by atoms with Gasteiger partial charge in [-0.3, -0.25) is 9.59 Å². The Labute approximate surface area is 122 Å². The fourth-order valence-electron chi connectivity index (χ4n) is 3.15. The van der Waals surface area contributed by atoms with Gasteiger partial charge < -0.3 is 10.2 Å². The molecule has 1 atom stereocenters. The van der Waals surface area contributed by atoms with E-state index in [-0.39, 0.29) is 17.7 Å². The van der Waals surface area contributed by atoms with Gasteiger partial charge in [0.15, 0.2) is 5.13 Å². The molecular weight excluding hydrogens is 274 g/mol. The molecule has 0 spiro atoms. The molecule has 20 heavy (non-hydrogen) atoms. The van der Waals surface area contributed by atoms with Crippen molar-refractivity contribution in [2.75, 3.05) is 11.9 Å². The molecule has 1 aliphatic carbocycles. The molecule has 2 heterocycles. The van der Waals surface area contributed by atoms with Crippen LogP contribution >= 0.6 is 11.3 Å². The van der Waals surface area contributed by atoms with Gasteiger partial charge in [0.05, 0.1) is 5.92 Å². The van der Waals surface area contributed by atoms with E-state index >= 15 is 0 Å². The lowest BCUT2D eigenvalue weighted by atomic mass is 9.94. The van der Waals surface area contributed by atoms with E-state index < -0.39 is 0 Å². The predicted octanol–water partition coefficient (Wildman–Crippen LogP) is 2.26. The van der Waals surface area contributed by atoms with Crippen molar-refractivity contribution in [2.45, 2.75) is 44.6 Å². The van der Waals surface area contributed by atoms with E-state index in [0.717, 1.165) is 12.8 Å². The Morgan fingerprint density at radius 2 is 2.15 bits per heavy atom. The zero-order valence-corrected chi connectivity index (χ0v) is 12.2. The van der Waals surface area contributed by atoms with E-state index in [1.165, 1.54) is 30.6 Å². The summed E-state index contributed by atoms with van der Waals surface area (Å²) in [7, 11) is 0. The second kappa shape index (κ2) is 5.91. The zero-order valence-electron chi connectivity index (χ0n) is 11.4. The van der Waals surface area contributed by atoms with Crippen LogP contribution in [0.1, 0.15) is 38.5 Å². The van der Waals surface area contributed by atoms with E-state index in [9.17, 15) is 9.59 Å². The SMILES string of the molecule is O=C(Nc1nccs1)C1CC(=O)N(C2CCCCC2)C1. The molecule has 1 aromatic heterocycles. The van der Waals surface area contributed by atoms with E-state index in [1.54, 1.807) is 6.20 Å². The van der Waals surface area contributed by atoms with Gasteiger partial charge in [0.2, 0.25) is 11.8 Å². The summed E-state index contributed by atoms with van der Waals surface area (Å²) in [5.74, 6) is -0.170. The quantitative estimate of drug-likeness (QED) is 0.930. The van der Waals surface area contributed by atoms with Gasteiger partial charge in [-0.2, -0.15) is 0 Å². The number of carbonyl (C=O) groups is 2. The minimum absolute atomic E-state index is 0.0772. The first-order valence-corrected chi connectivity index (χ1v) is 8.12. The van der Waals surface area contributed by atoms with Crippen LogP contribution in [0.3, 0.4) is 0 Å². The number of thiazole rings is 1.